The lowest BCUT2D eigenvalue weighted by Crippen LogP contribution is -2.21. The molecule has 0 aliphatic rings. The highest BCUT2D eigenvalue weighted by Gasteiger charge is 2.09. The van der Waals surface area contributed by atoms with Crippen molar-refractivity contribution in [3.8, 4) is 17.0 Å². The van der Waals surface area contributed by atoms with Crippen molar-refractivity contribution in [1.82, 2.24) is 15.3 Å². The molecule has 2 heterocycles. The van der Waals surface area contributed by atoms with Crippen LogP contribution < -0.4 is 15.4 Å². The Bertz CT molecular complexity index is 1670. The van der Waals surface area contributed by atoms with Crippen molar-refractivity contribution >= 4 is 43.5 Å². The molecule has 0 saturated heterocycles. The van der Waals surface area contributed by atoms with Crippen LogP contribution in [0, 0.1) is 5.82 Å². The van der Waals surface area contributed by atoms with Gasteiger partial charge in [0.25, 0.3) is 0 Å². The van der Waals surface area contributed by atoms with Crippen LogP contribution in [0.2, 0.25) is 0 Å². The van der Waals surface area contributed by atoms with Gasteiger partial charge >= 0.3 is 0 Å². The Morgan fingerprint density at radius 2 is 1.79 bits per heavy atom. The molecule has 10 heteroatoms. The van der Waals surface area contributed by atoms with Crippen molar-refractivity contribution in [3.63, 3.8) is 0 Å². The van der Waals surface area contributed by atoms with E-state index >= 15 is 0 Å². The summed E-state index contributed by atoms with van der Waals surface area (Å²) < 4.78 is 41.4. The van der Waals surface area contributed by atoms with Crippen molar-refractivity contribution in [3.05, 3.63) is 101 Å². The fraction of sp³-hybridized carbons (Fsp3) is 0.172. The first-order valence-corrected chi connectivity index (χ1v) is 15.2. The average Bonchev–Trinajstić information content (AvgIpc) is 3.40. The Morgan fingerprint density at radius 3 is 2.56 bits per heavy atom. The quantitative estimate of drug-likeness (QED) is 0.192. The highest BCUT2D eigenvalue weighted by molar-refractivity contribution is 7.90. The van der Waals surface area contributed by atoms with Gasteiger partial charge in [0.15, 0.2) is 0 Å². The number of benzene rings is 3. The molecule has 0 saturated carbocycles. The van der Waals surface area contributed by atoms with E-state index in [1.54, 1.807) is 18.3 Å². The van der Waals surface area contributed by atoms with E-state index in [4.69, 9.17) is 9.72 Å². The zero-order valence-electron chi connectivity index (χ0n) is 21.2. The van der Waals surface area contributed by atoms with Crippen molar-refractivity contribution in [1.29, 1.82) is 0 Å². The van der Waals surface area contributed by atoms with E-state index < -0.39 is 9.84 Å². The van der Waals surface area contributed by atoms with Crippen molar-refractivity contribution in [2.24, 2.45) is 0 Å². The van der Waals surface area contributed by atoms with Crippen LogP contribution >= 0.6 is 11.3 Å². The Balaban J connectivity index is 1.23. The summed E-state index contributed by atoms with van der Waals surface area (Å²) >= 11 is 1.54. The van der Waals surface area contributed by atoms with Crippen LogP contribution in [0.1, 0.15) is 10.6 Å². The zero-order valence-corrected chi connectivity index (χ0v) is 22.9. The van der Waals surface area contributed by atoms with Gasteiger partial charge in [0, 0.05) is 53.2 Å². The predicted molar refractivity (Wildman–Crippen MR) is 155 cm³/mol. The molecule has 0 fully saturated rings. The van der Waals surface area contributed by atoms with Gasteiger partial charge in [-0.2, -0.15) is 0 Å². The fourth-order valence-electron chi connectivity index (χ4n) is 3.93. The number of rotatable bonds is 11. The maximum Gasteiger partial charge on any atom is 0.148 e. The average molecular weight is 563 g/mol. The number of sulfone groups is 1. The number of anilines is 2. The van der Waals surface area contributed by atoms with Gasteiger partial charge in [-0.15, -0.1) is 11.3 Å². The summed E-state index contributed by atoms with van der Waals surface area (Å²) in [6.07, 6.45) is 3.00. The molecular weight excluding hydrogens is 535 g/mol. The second-order valence-corrected chi connectivity index (χ2v) is 12.3. The Labute approximate surface area is 230 Å². The molecular formula is C29H27FN4O3S2. The van der Waals surface area contributed by atoms with Gasteiger partial charge in [-0.1, -0.05) is 24.3 Å². The predicted octanol–water partition coefficient (Wildman–Crippen LogP) is 5.95. The summed E-state index contributed by atoms with van der Waals surface area (Å²) in [5.41, 5.74) is 5.41. The van der Waals surface area contributed by atoms with E-state index in [1.165, 1.54) is 29.7 Å². The van der Waals surface area contributed by atoms with Crippen LogP contribution in [-0.4, -0.2) is 36.9 Å². The molecule has 2 aromatic heterocycles. The first kappa shape index (κ1) is 26.7. The largest absolute Gasteiger partial charge is 0.489 e. The summed E-state index contributed by atoms with van der Waals surface area (Å²) in [7, 11) is -2.98. The summed E-state index contributed by atoms with van der Waals surface area (Å²) in [6, 6.07) is 21.9. The zero-order chi connectivity index (χ0) is 27.2. The van der Waals surface area contributed by atoms with Gasteiger partial charge in [-0.25, -0.2) is 17.8 Å². The molecule has 0 atom stereocenters. The van der Waals surface area contributed by atoms with Crippen molar-refractivity contribution in [2.75, 3.05) is 23.9 Å². The lowest BCUT2D eigenvalue weighted by atomic mass is 10.1. The van der Waals surface area contributed by atoms with Crippen LogP contribution in [-0.2, 0) is 23.0 Å². The lowest BCUT2D eigenvalue weighted by molar-refractivity contribution is 0.306. The number of nitrogens with zero attached hydrogens (tertiary/aromatic N) is 2. The molecule has 0 unspecified atom stereocenters. The SMILES string of the molecule is CS(=O)(=O)CCNCc1nc(-c2ccc3c(Nc4ccc(OCc5ccc(F)cc5)cc4)ccnc3c2)cs1. The molecule has 0 radical (unpaired) electrons. The maximum atomic E-state index is 13.1. The molecule has 2 N–H and O–H groups in total. The Hall–Kier alpha value is -3.86. The molecule has 200 valence electrons. The number of nitrogens with one attached hydrogen (secondary N) is 2. The minimum atomic E-state index is -2.98. The highest BCUT2D eigenvalue weighted by Crippen LogP contribution is 2.30. The molecule has 5 aromatic rings. The minimum absolute atomic E-state index is 0.105. The van der Waals surface area contributed by atoms with Gasteiger partial charge < -0.3 is 15.4 Å². The van der Waals surface area contributed by atoms with Crippen molar-refractivity contribution < 1.29 is 17.5 Å². The number of ether oxygens (including phenoxy) is 1. The number of fused-ring (bicyclic) bond motifs is 1. The smallest absolute Gasteiger partial charge is 0.148 e. The normalized spacial score (nSPS) is 11.5. The van der Waals surface area contributed by atoms with Crippen LogP contribution in [0.15, 0.2) is 84.4 Å². The maximum absolute atomic E-state index is 13.1. The third kappa shape index (κ3) is 7.38. The molecule has 0 spiro atoms. The van der Waals surface area contributed by atoms with Gasteiger partial charge in [-0.05, 0) is 54.1 Å². The molecule has 0 aliphatic heterocycles. The first-order valence-electron chi connectivity index (χ1n) is 12.3. The third-order valence-electron chi connectivity index (χ3n) is 5.97. The van der Waals surface area contributed by atoms with Gasteiger partial charge in [-0.3, -0.25) is 4.98 Å². The highest BCUT2D eigenvalue weighted by atomic mass is 32.2. The molecule has 0 amide bonds. The number of halogens is 1. The minimum Gasteiger partial charge on any atom is -0.489 e. The van der Waals surface area contributed by atoms with E-state index in [1.807, 2.05) is 53.9 Å². The van der Waals surface area contributed by atoms with Crippen molar-refractivity contribution in [2.45, 2.75) is 13.2 Å². The first-order chi connectivity index (χ1) is 18.8. The van der Waals surface area contributed by atoms with Gasteiger partial charge in [0.2, 0.25) is 0 Å². The standard InChI is InChI=1S/C29H27FN4O3S2/c1-39(35,36)15-14-31-17-29-34-28(19-38-29)21-4-11-25-26(12-13-32-27(25)16-21)33-23-7-9-24(10-8-23)37-18-20-2-5-22(30)6-3-20/h2-13,16,19,31H,14-15,17-18H2,1H3,(H,32,33). The second-order valence-electron chi connectivity index (χ2n) is 9.09. The molecule has 0 bridgehead atoms. The molecule has 5 rings (SSSR count). The lowest BCUT2D eigenvalue weighted by Gasteiger charge is -2.11. The summed E-state index contributed by atoms with van der Waals surface area (Å²) in [5, 5.41) is 10.5. The van der Waals surface area contributed by atoms with Crippen LogP contribution in [0.5, 0.6) is 5.75 Å². The Kier molecular flexibility index (Phi) is 8.16. The number of aromatic nitrogens is 2. The van der Waals surface area contributed by atoms with E-state index in [0.717, 1.165) is 49.9 Å². The topological polar surface area (TPSA) is 93.2 Å². The van der Waals surface area contributed by atoms with Crippen LogP contribution in [0.3, 0.4) is 0 Å². The van der Waals surface area contributed by atoms with Gasteiger partial charge in [0.1, 0.15) is 33.0 Å². The van der Waals surface area contributed by atoms with Gasteiger partial charge in [0.05, 0.1) is 17.0 Å². The number of pyridine rings is 1. The van der Waals surface area contributed by atoms with Crippen LogP contribution in [0.25, 0.3) is 22.2 Å². The monoisotopic (exact) mass is 562 g/mol. The Morgan fingerprint density at radius 1 is 1.00 bits per heavy atom. The van der Waals surface area contributed by atoms with E-state index in [9.17, 15) is 12.8 Å². The molecule has 39 heavy (non-hydrogen) atoms. The number of thiazole rings is 1. The van der Waals surface area contributed by atoms with Crippen LogP contribution in [0.4, 0.5) is 15.8 Å². The number of hydrogen-bond donors (Lipinski definition) is 2. The summed E-state index contributed by atoms with van der Waals surface area (Å²) in [4.78, 5) is 9.25. The molecule has 0 aliphatic carbocycles. The summed E-state index contributed by atoms with van der Waals surface area (Å²) in [5.74, 6) is 0.565. The van der Waals surface area contributed by atoms with E-state index in [0.29, 0.717) is 19.7 Å². The van der Waals surface area contributed by atoms with E-state index in [-0.39, 0.29) is 11.6 Å². The molecule has 7 nitrogen and oxygen atoms in total. The summed E-state index contributed by atoms with van der Waals surface area (Å²) in [6.45, 7) is 1.29. The third-order valence-corrected chi connectivity index (χ3v) is 7.76. The van der Waals surface area contributed by atoms with E-state index in [2.05, 4.69) is 15.6 Å². The fourth-order valence-corrected chi connectivity index (χ4v) is 5.22. The second kappa shape index (κ2) is 11.9. The molecule has 3 aromatic carbocycles. The number of hydrogen-bond acceptors (Lipinski definition) is 8.